The number of allylic oxidation sites excluding steroid dienone is 2. The van der Waals surface area contributed by atoms with Crippen molar-refractivity contribution in [3.63, 3.8) is 0 Å². The summed E-state index contributed by atoms with van der Waals surface area (Å²) in [6.07, 6.45) is 6.45. The van der Waals surface area contributed by atoms with Crippen LogP contribution in [0.2, 0.25) is 0 Å². The maximum Gasteiger partial charge on any atom is 0.300 e. The molecule has 0 saturated carbocycles. The van der Waals surface area contributed by atoms with E-state index < -0.39 is 5.66 Å². The summed E-state index contributed by atoms with van der Waals surface area (Å²) in [5.74, 6) is 1.67. The molecule has 3 aromatic heterocycles. The molecule has 3 atom stereocenters. The summed E-state index contributed by atoms with van der Waals surface area (Å²) < 4.78 is 26.8. The van der Waals surface area contributed by atoms with E-state index in [0.717, 1.165) is 65.9 Å². The van der Waals surface area contributed by atoms with Gasteiger partial charge in [-0.25, -0.2) is 4.98 Å². The summed E-state index contributed by atoms with van der Waals surface area (Å²) in [5, 5.41) is 10.2. The van der Waals surface area contributed by atoms with Crippen LogP contribution in [0.15, 0.2) is 71.8 Å². The van der Waals surface area contributed by atoms with Crippen LogP contribution >= 0.6 is 9.24 Å². The lowest BCUT2D eigenvalue weighted by atomic mass is 9.87. The van der Waals surface area contributed by atoms with Crippen molar-refractivity contribution < 1.29 is 8.78 Å². The highest BCUT2D eigenvalue weighted by atomic mass is 31.0. The van der Waals surface area contributed by atoms with Gasteiger partial charge in [-0.1, -0.05) is 21.9 Å². The Morgan fingerprint density at radius 3 is 2.56 bits per heavy atom. The molecule has 3 saturated heterocycles. The molecule has 0 radical (unpaired) electrons. The Morgan fingerprint density at radius 1 is 1.21 bits per heavy atom. The molecular weight excluding hydrogens is 517 g/mol. The molecule has 2 bridgehead atoms. The van der Waals surface area contributed by atoms with E-state index in [-0.39, 0.29) is 5.69 Å². The van der Waals surface area contributed by atoms with Crippen molar-refractivity contribution in [3.05, 3.63) is 89.3 Å². The summed E-state index contributed by atoms with van der Waals surface area (Å²) in [6.45, 7) is 12.4. The molecule has 3 aromatic rings. The van der Waals surface area contributed by atoms with Crippen LogP contribution in [-0.2, 0) is 12.2 Å². The first kappa shape index (κ1) is 27.1. The van der Waals surface area contributed by atoms with Crippen molar-refractivity contribution in [2.24, 2.45) is 4.99 Å². The third kappa shape index (κ3) is 6.40. The van der Waals surface area contributed by atoms with E-state index in [4.69, 9.17) is 9.98 Å². The monoisotopic (exact) mass is 550 g/mol. The van der Waals surface area contributed by atoms with Crippen molar-refractivity contribution in [1.82, 2.24) is 25.1 Å². The SMILES string of the molecule is C=C(/C=C(C)\N=C(/C)c1ccc(N2CC3CC(C2)N3Cc2ccc(C(F)(F)P)nc2)nc1)Nc1cc(C)[nH]n1. The van der Waals surface area contributed by atoms with Gasteiger partial charge >= 0.3 is 0 Å². The number of rotatable bonds is 9. The number of alkyl halides is 2. The summed E-state index contributed by atoms with van der Waals surface area (Å²) in [5.41, 5.74) is 2.06. The molecule has 2 N–H and O–H groups in total. The largest absolute Gasteiger partial charge is 0.353 e. The van der Waals surface area contributed by atoms with Gasteiger partial charge < -0.3 is 10.2 Å². The minimum absolute atomic E-state index is 0.227. The number of nitrogens with zero attached hydrogens (tertiary/aromatic N) is 6. The lowest BCUT2D eigenvalue weighted by Crippen LogP contribution is -2.68. The normalized spacial score (nSPS) is 20.1. The number of piperidine rings is 1. The molecule has 11 heteroatoms. The number of hydrogen-bond donors (Lipinski definition) is 2. The maximum atomic E-state index is 13.4. The minimum Gasteiger partial charge on any atom is -0.353 e. The van der Waals surface area contributed by atoms with Gasteiger partial charge in [-0.3, -0.25) is 20.0 Å². The topological polar surface area (TPSA) is 85.3 Å². The first-order valence-electron chi connectivity index (χ1n) is 12.9. The van der Waals surface area contributed by atoms with Crippen molar-refractivity contribution in [2.45, 2.75) is 51.5 Å². The summed E-state index contributed by atoms with van der Waals surface area (Å²) >= 11 is 0. The van der Waals surface area contributed by atoms with Crippen LogP contribution in [0.4, 0.5) is 20.4 Å². The van der Waals surface area contributed by atoms with Gasteiger partial charge in [-0.15, -0.1) is 0 Å². The van der Waals surface area contributed by atoms with Gasteiger partial charge in [0.25, 0.3) is 5.66 Å². The fourth-order valence-corrected chi connectivity index (χ4v) is 5.31. The van der Waals surface area contributed by atoms with E-state index in [9.17, 15) is 8.78 Å². The van der Waals surface area contributed by atoms with Gasteiger partial charge in [0.1, 0.15) is 11.5 Å². The van der Waals surface area contributed by atoms with Gasteiger partial charge in [0.15, 0.2) is 5.82 Å². The highest BCUT2D eigenvalue weighted by molar-refractivity contribution is 7.17. The number of aliphatic imine (C=N–C) groups is 1. The fourth-order valence-electron chi connectivity index (χ4n) is 5.14. The minimum atomic E-state index is -3.00. The molecule has 3 aliphatic heterocycles. The van der Waals surface area contributed by atoms with Crippen molar-refractivity contribution in [2.75, 3.05) is 23.3 Å². The molecule has 6 rings (SSSR count). The molecule has 204 valence electrons. The van der Waals surface area contributed by atoms with Gasteiger partial charge in [0.2, 0.25) is 0 Å². The van der Waals surface area contributed by atoms with E-state index >= 15 is 0 Å². The van der Waals surface area contributed by atoms with Crippen LogP contribution < -0.4 is 10.2 Å². The molecule has 3 aliphatic rings. The second-order valence-corrected chi connectivity index (χ2v) is 11.0. The molecule has 39 heavy (non-hydrogen) atoms. The Kier molecular flexibility index (Phi) is 7.60. The van der Waals surface area contributed by atoms with E-state index in [1.165, 1.54) is 15.3 Å². The number of piperazine rings is 1. The van der Waals surface area contributed by atoms with Crippen LogP contribution in [0, 0.1) is 6.92 Å². The molecule has 8 nitrogen and oxygen atoms in total. The summed E-state index contributed by atoms with van der Waals surface area (Å²) in [4.78, 5) is 18.1. The van der Waals surface area contributed by atoms with Crippen LogP contribution in [0.5, 0.6) is 0 Å². The molecule has 0 amide bonds. The number of fused-ring (bicyclic) bond motifs is 2. The van der Waals surface area contributed by atoms with E-state index in [1.807, 2.05) is 39.1 Å². The first-order valence-corrected chi connectivity index (χ1v) is 13.4. The van der Waals surface area contributed by atoms with Gasteiger partial charge in [-0.05, 0) is 57.0 Å². The second-order valence-electron chi connectivity index (χ2n) is 10.3. The maximum absolute atomic E-state index is 13.4. The Balaban J connectivity index is 1.16. The number of H-pyrrole nitrogens is 1. The predicted octanol–water partition coefficient (Wildman–Crippen LogP) is 5.23. The predicted molar refractivity (Wildman–Crippen MR) is 154 cm³/mol. The van der Waals surface area contributed by atoms with Crippen molar-refractivity contribution >= 4 is 26.6 Å². The number of halogens is 2. The third-order valence-corrected chi connectivity index (χ3v) is 7.38. The average molecular weight is 551 g/mol. The van der Waals surface area contributed by atoms with Crippen molar-refractivity contribution in [3.8, 4) is 0 Å². The van der Waals surface area contributed by atoms with E-state index in [1.54, 1.807) is 12.3 Å². The third-order valence-electron chi connectivity index (χ3n) is 7.09. The Morgan fingerprint density at radius 2 is 1.97 bits per heavy atom. The van der Waals surface area contributed by atoms with Crippen LogP contribution in [-0.4, -0.2) is 56.0 Å². The quantitative estimate of drug-likeness (QED) is 0.216. The summed E-state index contributed by atoms with van der Waals surface area (Å²) in [7, 11) is 1.53. The number of nitrogens with one attached hydrogen (secondary N) is 2. The molecule has 6 heterocycles. The van der Waals surface area contributed by atoms with Crippen LogP contribution in [0.25, 0.3) is 0 Å². The lowest BCUT2D eigenvalue weighted by Gasteiger charge is -2.56. The first-order chi connectivity index (χ1) is 18.5. The number of hydrogen-bond acceptors (Lipinski definition) is 7. The standard InChI is InChI=1S/C28H33F2N8P/c1-17(9-18(2)34-26-10-19(3)35-36-26)33-20(4)22-6-8-27(32-13-22)37-15-23-11-24(16-37)38(23)14-21-5-7-25(31-12-21)28(29,30)39/h5-10,12-13,23-24H,2,11,14-16,39H2,1,3-4H3,(H2,34,35,36)/b17-9-,33-20+. The van der Waals surface area contributed by atoms with Gasteiger partial charge in [-0.2, -0.15) is 13.9 Å². The zero-order valence-corrected chi connectivity index (χ0v) is 23.5. The fraction of sp³-hybridized carbons (Fsp3) is 0.357. The molecular formula is C28H33F2N8P. The second kappa shape index (κ2) is 10.9. The summed E-state index contributed by atoms with van der Waals surface area (Å²) in [6, 6.07) is 10.0. The zero-order chi connectivity index (χ0) is 27.7. The highest BCUT2D eigenvalue weighted by Gasteiger charge is 2.44. The number of aromatic amines is 1. The van der Waals surface area contributed by atoms with E-state index in [2.05, 4.69) is 49.0 Å². The molecule has 0 aromatic carbocycles. The highest BCUT2D eigenvalue weighted by Crippen LogP contribution is 2.36. The number of anilines is 2. The lowest BCUT2D eigenvalue weighted by molar-refractivity contribution is -0.00880. The smallest absolute Gasteiger partial charge is 0.300 e. The Labute approximate surface area is 229 Å². The number of pyridine rings is 2. The Hall–Kier alpha value is -3.49. The molecule has 0 aliphatic carbocycles. The molecule has 3 fully saturated rings. The van der Waals surface area contributed by atoms with Gasteiger partial charge in [0.05, 0.1) is 0 Å². The van der Waals surface area contributed by atoms with Crippen LogP contribution in [0.3, 0.4) is 0 Å². The molecule has 3 unspecified atom stereocenters. The van der Waals surface area contributed by atoms with Crippen LogP contribution in [0.1, 0.15) is 42.8 Å². The number of aryl methyl sites for hydroxylation is 1. The Bertz CT molecular complexity index is 1380. The number of aromatic nitrogens is 4. The van der Waals surface area contributed by atoms with Gasteiger partial charge in [0, 0.05) is 78.5 Å². The average Bonchev–Trinajstić information content (AvgIpc) is 3.31. The van der Waals surface area contributed by atoms with E-state index in [0.29, 0.717) is 17.8 Å². The molecule has 0 spiro atoms. The van der Waals surface area contributed by atoms with Crippen molar-refractivity contribution in [1.29, 1.82) is 0 Å². The zero-order valence-electron chi connectivity index (χ0n) is 22.3.